The van der Waals surface area contributed by atoms with Crippen molar-refractivity contribution in [1.82, 2.24) is 20.4 Å². The van der Waals surface area contributed by atoms with Crippen molar-refractivity contribution in [3.63, 3.8) is 0 Å². The highest BCUT2D eigenvalue weighted by molar-refractivity contribution is 6.07. The number of nitrogens with one attached hydrogen (secondary N) is 2. The average molecular weight is 348 g/mol. The van der Waals surface area contributed by atoms with E-state index in [0.717, 1.165) is 22.0 Å². The number of H-pyrrole nitrogens is 1. The molecular weight excluding hydrogens is 328 g/mol. The summed E-state index contributed by atoms with van der Waals surface area (Å²) in [5.41, 5.74) is 1.86. The van der Waals surface area contributed by atoms with Gasteiger partial charge >= 0.3 is 6.03 Å². The Kier molecular flexibility index (Phi) is 3.95. The number of rotatable bonds is 5. The fourth-order valence-corrected chi connectivity index (χ4v) is 3.57. The van der Waals surface area contributed by atoms with E-state index in [9.17, 15) is 9.59 Å². The van der Waals surface area contributed by atoms with Gasteiger partial charge in [0.15, 0.2) is 0 Å². The molecule has 2 heterocycles. The zero-order valence-electron chi connectivity index (χ0n) is 14.5. The first-order valence-corrected chi connectivity index (χ1v) is 8.76. The second kappa shape index (κ2) is 6.29. The Hall–Kier alpha value is -3.15. The highest BCUT2D eigenvalue weighted by Crippen LogP contribution is 2.32. The van der Waals surface area contributed by atoms with Crippen LogP contribution >= 0.6 is 0 Å². The van der Waals surface area contributed by atoms with Gasteiger partial charge in [0.25, 0.3) is 5.91 Å². The smallest absolute Gasteiger partial charge is 0.319 e. The molecule has 1 aliphatic heterocycles. The molecule has 26 heavy (non-hydrogen) atoms. The maximum Gasteiger partial charge on any atom is 0.325 e. The van der Waals surface area contributed by atoms with E-state index in [-0.39, 0.29) is 11.9 Å². The first-order valence-electron chi connectivity index (χ1n) is 8.76. The average Bonchev–Trinajstić information content (AvgIpc) is 3.23. The second-order valence-electron chi connectivity index (χ2n) is 6.55. The molecule has 3 aromatic rings. The molecule has 1 aliphatic rings. The maximum absolute atomic E-state index is 13.1. The molecule has 1 atom stereocenters. The summed E-state index contributed by atoms with van der Waals surface area (Å²) >= 11 is 0. The minimum atomic E-state index is -0.967. The van der Waals surface area contributed by atoms with Gasteiger partial charge in [-0.2, -0.15) is 5.10 Å². The molecule has 1 fully saturated rings. The molecule has 0 radical (unpaired) electrons. The van der Waals surface area contributed by atoms with Crippen molar-refractivity contribution in [2.45, 2.75) is 25.3 Å². The summed E-state index contributed by atoms with van der Waals surface area (Å²) in [7, 11) is 0. The molecular formula is C20H20N4O2. The lowest BCUT2D eigenvalue weighted by molar-refractivity contribution is -0.131. The molecule has 3 amide bonds. The Balaban J connectivity index is 1.55. The van der Waals surface area contributed by atoms with Crippen molar-refractivity contribution in [2.75, 3.05) is 6.54 Å². The number of aromatic nitrogens is 2. The van der Waals surface area contributed by atoms with Crippen molar-refractivity contribution in [3.8, 4) is 0 Å². The van der Waals surface area contributed by atoms with Gasteiger partial charge in [-0.25, -0.2) is 4.79 Å². The van der Waals surface area contributed by atoms with Crippen molar-refractivity contribution in [3.05, 3.63) is 65.9 Å². The van der Waals surface area contributed by atoms with E-state index in [1.54, 1.807) is 6.20 Å². The van der Waals surface area contributed by atoms with Crippen LogP contribution in [0.5, 0.6) is 0 Å². The number of amides is 3. The van der Waals surface area contributed by atoms with Crippen LogP contribution < -0.4 is 5.32 Å². The molecule has 1 aromatic heterocycles. The van der Waals surface area contributed by atoms with Gasteiger partial charge in [0.1, 0.15) is 5.54 Å². The molecule has 0 spiro atoms. The topological polar surface area (TPSA) is 78.1 Å². The normalized spacial score (nSPS) is 20.0. The molecule has 2 aromatic carbocycles. The van der Waals surface area contributed by atoms with Crippen molar-refractivity contribution in [1.29, 1.82) is 0 Å². The molecule has 4 rings (SSSR count). The molecule has 1 saturated heterocycles. The Morgan fingerprint density at radius 3 is 2.69 bits per heavy atom. The summed E-state index contributed by atoms with van der Waals surface area (Å²) in [6, 6.07) is 15.1. The zero-order chi connectivity index (χ0) is 18.1. The van der Waals surface area contributed by atoms with E-state index in [1.807, 2.05) is 55.5 Å². The number of carbonyl (C=O) groups is 2. The van der Waals surface area contributed by atoms with Crippen LogP contribution in [0, 0.1) is 0 Å². The summed E-state index contributed by atoms with van der Waals surface area (Å²) in [5, 5.41) is 10.9. The van der Waals surface area contributed by atoms with E-state index in [2.05, 4.69) is 15.5 Å². The van der Waals surface area contributed by atoms with Gasteiger partial charge in [-0.15, -0.1) is 0 Å². The van der Waals surface area contributed by atoms with Crippen molar-refractivity contribution in [2.24, 2.45) is 0 Å². The molecule has 2 N–H and O–H groups in total. The number of nitrogens with zero attached hydrogens (tertiary/aromatic N) is 2. The van der Waals surface area contributed by atoms with Gasteiger partial charge in [0.2, 0.25) is 0 Å². The third-order valence-electron chi connectivity index (χ3n) is 5.10. The quantitative estimate of drug-likeness (QED) is 0.696. The van der Waals surface area contributed by atoms with Crippen LogP contribution in [-0.2, 0) is 16.8 Å². The van der Waals surface area contributed by atoms with E-state index >= 15 is 0 Å². The number of benzene rings is 2. The van der Waals surface area contributed by atoms with Gasteiger partial charge in [0.05, 0.1) is 11.7 Å². The largest absolute Gasteiger partial charge is 0.325 e. The molecule has 6 nitrogen and oxygen atoms in total. The van der Waals surface area contributed by atoms with Gasteiger partial charge in [0, 0.05) is 11.9 Å². The number of hydrogen-bond donors (Lipinski definition) is 2. The highest BCUT2D eigenvalue weighted by Gasteiger charge is 2.50. The predicted octanol–water partition coefficient (Wildman–Crippen LogP) is 2.96. The van der Waals surface area contributed by atoms with Crippen LogP contribution in [0.2, 0.25) is 0 Å². The van der Waals surface area contributed by atoms with E-state index < -0.39 is 5.54 Å². The van der Waals surface area contributed by atoms with Crippen LogP contribution in [0.4, 0.5) is 4.79 Å². The molecule has 0 bridgehead atoms. The van der Waals surface area contributed by atoms with Crippen LogP contribution in [-0.4, -0.2) is 33.6 Å². The van der Waals surface area contributed by atoms with Gasteiger partial charge in [-0.1, -0.05) is 49.4 Å². The molecule has 132 valence electrons. The first kappa shape index (κ1) is 16.3. The van der Waals surface area contributed by atoms with Crippen molar-refractivity contribution < 1.29 is 9.59 Å². The fourth-order valence-electron chi connectivity index (χ4n) is 3.57. The number of imide groups is 1. The molecule has 6 heteroatoms. The van der Waals surface area contributed by atoms with Gasteiger partial charge in [-0.05, 0) is 30.0 Å². The lowest BCUT2D eigenvalue weighted by atomic mass is 9.87. The number of aromatic amines is 1. The summed E-state index contributed by atoms with van der Waals surface area (Å²) in [6.45, 7) is 2.26. The number of carbonyl (C=O) groups excluding carboxylic acids is 2. The third-order valence-corrected chi connectivity index (χ3v) is 5.10. The number of urea groups is 1. The zero-order valence-corrected chi connectivity index (χ0v) is 14.5. The highest BCUT2D eigenvalue weighted by atomic mass is 16.2. The van der Waals surface area contributed by atoms with Crippen LogP contribution in [0.15, 0.2) is 54.7 Å². The lowest BCUT2D eigenvalue weighted by Crippen LogP contribution is -2.43. The monoisotopic (exact) mass is 348 g/mol. The summed E-state index contributed by atoms with van der Waals surface area (Å²) in [5.74, 6) is -0.182. The van der Waals surface area contributed by atoms with Crippen LogP contribution in [0.1, 0.15) is 24.5 Å². The second-order valence-corrected chi connectivity index (χ2v) is 6.55. The molecule has 0 aliphatic carbocycles. The van der Waals surface area contributed by atoms with Gasteiger partial charge in [-0.3, -0.25) is 14.8 Å². The van der Waals surface area contributed by atoms with E-state index in [1.165, 1.54) is 4.90 Å². The summed E-state index contributed by atoms with van der Waals surface area (Å²) in [4.78, 5) is 26.9. The number of hydrogen-bond acceptors (Lipinski definition) is 3. The predicted molar refractivity (Wildman–Crippen MR) is 98.5 cm³/mol. The summed E-state index contributed by atoms with van der Waals surface area (Å²) in [6.07, 6.45) is 2.88. The number of fused-ring (bicyclic) bond motifs is 1. The van der Waals surface area contributed by atoms with Crippen LogP contribution in [0.3, 0.4) is 0 Å². The maximum atomic E-state index is 13.1. The minimum absolute atomic E-state index is 0.182. The van der Waals surface area contributed by atoms with E-state index in [0.29, 0.717) is 19.4 Å². The Morgan fingerprint density at radius 2 is 1.92 bits per heavy atom. The fraction of sp³-hybridized carbons (Fsp3) is 0.250. The Bertz CT molecular complexity index is 966. The van der Waals surface area contributed by atoms with E-state index in [4.69, 9.17) is 0 Å². The third kappa shape index (κ3) is 2.54. The minimum Gasteiger partial charge on any atom is -0.319 e. The van der Waals surface area contributed by atoms with Crippen molar-refractivity contribution >= 4 is 22.8 Å². The Morgan fingerprint density at radius 1 is 1.12 bits per heavy atom. The lowest BCUT2D eigenvalue weighted by Gasteiger charge is -2.25. The standard InChI is InChI=1S/C20H20N4O2/c1-2-20(16-6-4-3-5-7-16)18(25)24(19(26)22-20)11-10-14-8-9-15-13-21-23-17(15)12-14/h3-9,12-13H,2,10-11H2,1H3,(H,21,23)(H,22,26). The van der Waals surface area contributed by atoms with Crippen LogP contribution in [0.25, 0.3) is 10.9 Å². The van der Waals surface area contributed by atoms with Gasteiger partial charge < -0.3 is 5.32 Å². The molecule has 0 saturated carbocycles. The Labute approximate surface area is 151 Å². The molecule has 1 unspecified atom stereocenters. The SMILES string of the molecule is CCC1(c2ccccc2)NC(=O)N(CCc2ccc3cn[nH]c3c2)C1=O. The summed E-state index contributed by atoms with van der Waals surface area (Å²) < 4.78 is 0. The first-order chi connectivity index (χ1) is 12.6.